The van der Waals surface area contributed by atoms with E-state index < -0.39 is 6.10 Å². The Hall–Kier alpha value is -2.75. The van der Waals surface area contributed by atoms with Crippen molar-refractivity contribution in [2.75, 3.05) is 32.8 Å². The average molecular weight is 402 g/mol. The smallest absolute Gasteiger partial charge is 0.409 e. The second-order valence-corrected chi connectivity index (χ2v) is 8.03. The Kier molecular flexibility index (Phi) is 8.32. The normalized spacial score (nSPS) is 15.6. The quantitative estimate of drug-likeness (QED) is 0.730. The average Bonchev–Trinajstić information content (AvgIpc) is 2.96. The van der Waals surface area contributed by atoms with Crippen molar-refractivity contribution in [1.29, 1.82) is 5.26 Å². The van der Waals surface area contributed by atoms with E-state index >= 15 is 0 Å². The highest BCUT2D eigenvalue weighted by atomic mass is 16.6. The number of nitriles is 1. The lowest BCUT2D eigenvalue weighted by atomic mass is 10.1. The van der Waals surface area contributed by atoms with Crippen LogP contribution < -0.4 is 4.74 Å². The molecule has 0 N–H and O–H groups in total. The molecule has 7 heteroatoms. The maximum Gasteiger partial charge on any atom is 0.409 e. The zero-order valence-electron chi connectivity index (χ0n) is 17.8. The van der Waals surface area contributed by atoms with Crippen LogP contribution in [0.5, 0.6) is 5.75 Å². The lowest BCUT2D eigenvalue weighted by Crippen LogP contribution is -2.46. The second kappa shape index (κ2) is 10.7. The molecule has 0 saturated carbocycles. The standard InChI is InChI=1S/C22H31N3O4/c1-16(2)15-28-22(27)25-11-7-10-24(12-13-25)21(26)20(17(3)4)29-19-9-6-5-8-18(19)14-23/h5-6,8-9,16-17,20H,7,10-13,15H2,1-4H3. The van der Waals surface area contributed by atoms with Gasteiger partial charge in [0.25, 0.3) is 5.91 Å². The predicted octanol–water partition coefficient (Wildman–Crippen LogP) is 3.29. The van der Waals surface area contributed by atoms with Crippen molar-refractivity contribution < 1.29 is 19.1 Å². The lowest BCUT2D eigenvalue weighted by molar-refractivity contribution is -0.140. The van der Waals surface area contributed by atoms with E-state index in [0.29, 0.717) is 50.5 Å². The summed E-state index contributed by atoms with van der Waals surface area (Å²) in [4.78, 5) is 28.8. The molecular formula is C22H31N3O4. The number of para-hydroxylation sites is 1. The second-order valence-electron chi connectivity index (χ2n) is 8.03. The summed E-state index contributed by atoms with van der Waals surface area (Å²) in [7, 11) is 0. The Bertz CT molecular complexity index is 742. The van der Waals surface area contributed by atoms with Crippen molar-refractivity contribution in [2.24, 2.45) is 11.8 Å². The van der Waals surface area contributed by atoms with Crippen molar-refractivity contribution in [1.82, 2.24) is 9.80 Å². The van der Waals surface area contributed by atoms with Gasteiger partial charge >= 0.3 is 6.09 Å². The topological polar surface area (TPSA) is 82.9 Å². The minimum absolute atomic E-state index is 0.0652. The molecule has 0 radical (unpaired) electrons. The number of rotatable bonds is 6. The highest BCUT2D eigenvalue weighted by Crippen LogP contribution is 2.22. The summed E-state index contributed by atoms with van der Waals surface area (Å²) >= 11 is 0. The number of hydrogen-bond donors (Lipinski definition) is 0. The van der Waals surface area contributed by atoms with Gasteiger partial charge in [-0.05, 0) is 30.4 Å². The molecule has 2 rings (SSSR count). The Morgan fingerprint density at radius 2 is 1.72 bits per heavy atom. The minimum atomic E-state index is -0.691. The molecule has 0 aromatic heterocycles. The summed E-state index contributed by atoms with van der Waals surface area (Å²) in [6, 6.07) is 9.02. The fourth-order valence-electron chi connectivity index (χ4n) is 3.10. The van der Waals surface area contributed by atoms with Crippen LogP contribution in [0.3, 0.4) is 0 Å². The van der Waals surface area contributed by atoms with E-state index in [9.17, 15) is 14.9 Å². The van der Waals surface area contributed by atoms with Gasteiger partial charge in [0.05, 0.1) is 12.2 Å². The van der Waals surface area contributed by atoms with Gasteiger partial charge in [0.15, 0.2) is 6.10 Å². The van der Waals surface area contributed by atoms with E-state index in [0.717, 1.165) is 0 Å². The van der Waals surface area contributed by atoms with Crippen molar-refractivity contribution in [3.63, 3.8) is 0 Å². The van der Waals surface area contributed by atoms with E-state index in [4.69, 9.17) is 9.47 Å². The Balaban J connectivity index is 2.03. The number of carbonyl (C=O) groups excluding carboxylic acids is 2. The van der Waals surface area contributed by atoms with Gasteiger partial charge in [-0.15, -0.1) is 0 Å². The third kappa shape index (κ3) is 6.38. The molecule has 2 amide bonds. The van der Waals surface area contributed by atoms with Gasteiger partial charge in [-0.2, -0.15) is 5.26 Å². The number of nitrogens with zero attached hydrogens (tertiary/aromatic N) is 3. The molecule has 1 unspecified atom stereocenters. The van der Waals surface area contributed by atoms with Crippen LogP contribution >= 0.6 is 0 Å². The summed E-state index contributed by atoms with van der Waals surface area (Å²) < 4.78 is 11.3. The fourth-order valence-corrected chi connectivity index (χ4v) is 3.10. The summed E-state index contributed by atoms with van der Waals surface area (Å²) in [6.45, 7) is 10.2. The Labute approximate surface area is 173 Å². The lowest BCUT2D eigenvalue weighted by Gasteiger charge is -2.29. The van der Waals surface area contributed by atoms with E-state index in [2.05, 4.69) is 6.07 Å². The SMILES string of the molecule is CC(C)COC(=O)N1CCCN(C(=O)C(Oc2ccccc2C#N)C(C)C)CC1. The monoisotopic (exact) mass is 401 g/mol. The van der Waals surface area contributed by atoms with Crippen molar-refractivity contribution in [3.05, 3.63) is 29.8 Å². The molecule has 0 aliphatic carbocycles. The molecule has 1 aromatic carbocycles. The number of hydrogen-bond acceptors (Lipinski definition) is 5. The summed E-state index contributed by atoms with van der Waals surface area (Å²) in [5.74, 6) is 0.509. The van der Waals surface area contributed by atoms with Crippen LogP contribution in [-0.2, 0) is 9.53 Å². The zero-order chi connectivity index (χ0) is 21.4. The summed E-state index contributed by atoms with van der Waals surface area (Å²) in [5, 5.41) is 9.28. The van der Waals surface area contributed by atoms with Gasteiger partial charge in [-0.1, -0.05) is 39.8 Å². The van der Waals surface area contributed by atoms with Crippen molar-refractivity contribution in [2.45, 2.75) is 40.2 Å². The Morgan fingerprint density at radius 1 is 1.07 bits per heavy atom. The molecule has 29 heavy (non-hydrogen) atoms. The molecule has 1 aliphatic rings. The van der Waals surface area contributed by atoms with Crippen LogP contribution in [0, 0.1) is 23.2 Å². The highest BCUT2D eigenvalue weighted by molar-refractivity contribution is 5.82. The van der Waals surface area contributed by atoms with E-state index in [1.807, 2.05) is 27.7 Å². The fraction of sp³-hybridized carbons (Fsp3) is 0.591. The van der Waals surface area contributed by atoms with Gasteiger partial charge in [-0.3, -0.25) is 4.79 Å². The molecule has 1 aromatic rings. The number of amides is 2. The van der Waals surface area contributed by atoms with Gasteiger partial charge < -0.3 is 19.3 Å². The van der Waals surface area contributed by atoms with Crippen molar-refractivity contribution >= 4 is 12.0 Å². The maximum atomic E-state index is 13.2. The molecule has 1 heterocycles. The third-order valence-electron chi connectivity index (χ3n) is 4.72. The molecular weight excluding hydrogens is 370 g/mol. The van der Waals surface area contributed by atoms with Gasteiger partial charge in [0, 0.05) is 26.2 Å². The summed E-state index contributed by atoms with van der Waals surface area (Å²) in [6.07, 6.45) is -0.334. The first-order valence-corrected chi connectivity index (χ1v) is 10.2. The van der Waals surface area contributed by atoms with E-state index in [1.54, 1.807) is 34.1 Å². The minimum Gasteiger partial charge on any atom is -0.479 e. The molecule has 1 atom stereocenters. The molecule has 0 spiro atoms. The summed E-state index contributed by atoms with van der Waals surface area (Å²) in [5.41, 5.74) is 0.404. The Morgan fingerprint density at radius 3 is 2.38 bits per heavy atom. The van der Waals surface area contributed by atoms with Crippen LogP contribution in [0.1, 0.15) is 39.7 Å². The molecule has 158 valence electrons. The number of ether oxygens (including phenoxy) is 2. The van der Waals surface area contributed by atoms with Crippen LogP contribution in [0.4, 0.5) is 4.79 Å². The molecule has 7 nitrogen and oxygen atoms in total. The van der Waals surface area contributed by atoms with Crippen molar-refractivity contribution in [3.8, 4) is 11.8 Å². The maximum absolute atomic E-state index is 13.2. The van der Waals surface area contributed by atoms with E-state index in [1.165, 1.54) is 0 Å². The predicted molar refractivity (Wildman–Crippen MR) is 109 cm³/mol. The first-order chi connectivity index (χ1) is 13.8. The largest absolute Gasteiger partial charge is 0.479 e. The van der Waals surface area contributed by atoms with Gasteiger partial charge in [-0.25, -0.2) is 4.79 Å². The highest BCUT2D eigenvalue weighted by Gasteiger charge is 2.31. The van der Waals surface area contributed by atoms with Crippen LogP contribution in [-0.4, -0.2) is 60.7 Å². The first kappa shape index (κ1) is 22.5. The van der Waals surface area contributed by atoms with Gasteiger partial charge in [0.1, 0.15) is 11.8 Å². The van der Waals surface area contributed by atoms with Crippen LogP contribution in [0.25, 0.3) is 0 Å². The van der Waals surface area contributed by atoms with Crippen LogP contribution in [0.2, 0.25) is 0 Å². The third-order valence-corrected chi connectivity index (χ3v) is 4.72. The molecule has 1 saturated heterocycles. The van der Waals surface area contributed by atoms with Gasteiger partial charge in [0.2, 0.25) is 0 Å². The number of benzene rings is 1. The molecule has 1 fully saturated rings. The zero-order valence-corrected chi connectivity index (χ0v) is 17.8. The van der Waals surface area contributed by atoms with Crippen LogP contribution in [0.15, 0.2) is 24.3 Å². The number of carbonyl (C=O) groups is 2. The molecule has 1 aliphatic heterocycles. The molecule has 0 bridgehead atoms. The first-order valence-electron chi connectivity index (χ1n) is 10.2. The van der Waals surface area contributed by atoms with E-state index in [-0.39, 0.29) is 23.8 Å².